The highest BCUT2D eigenvalue weighted by Gasteiger charge is 2.08. The largest absolute Gasteiger partial charge is 0.337 e. The topological polar surface area (TPSA) is 77.8 Å². The van der Waals surface area contributed by atoms with E-state index in [9.17, 15) is 4.79 Å². The van der Waals surface area contributed by atoms with Gasteiger partial charge in [-0.05, 0) is 31.2 Å². The summed E-state index contributed by atoms with van der Waals surface area (Å²) >= 11 is 1.57. The lowest BCUT2D eigenvalue weighted by molar-refractivity contribution is 0.252. The summed E-state index contributed by atoms with van der Waals surface area (Å²) in [6.45, 7) is 2.40. The van der Waals surface area contributed by atoms with Gasteiger partial charge < -0.3 is 10.6 Å². The van der Waals surface area contributed by atoms with Gasteiger partial charge in [0.2, 0.25) is 0 Å². The van der Waals surface area contributed by atoms with Crippen LogP contribution in [0.4, 0.5) is 10.5 Å². The number of hydrogen-bond donors (Lipinski definition) is 2. The van der Waals surface area contributed by atoms with Crippen LogP contribution in [0.1, 0.15) is 12.6 Å². The predicted octanol–water partition coefficient (Wildman–Crippen LogP) is 3.70. The number of urea groups is 1. The molecule has 2 rings (SSSR count). The number of benzene rings is 1. The zero-order valence-corrected chi connectivity index (χ0v) is 14.3. The highest BCUT2D eigenvalue weighted by atomic mass is 32.2. The minimum absolute atomic E-state index is 0.0322. The maximum atomic E-state index is 12.0. The molecular weight excluding hydrogens is 320 g/mol. The van der Waals surface area contributed by atoms with Crippen molar-refractivity contribution in [2.45, 2.75) is 18.2 Å². The molecule has 0 radical (unpaired) electrons. The molecule has 0 aliphatic rings. The van der Waals surface area contributed by atoms with E-state index in [4.69, 9.17) is 5.26 Å². The van der Waals surface area contributed by atoms with E-state index >= 15 is 0 Å². The SMILES string of the molecule is CC(C#N)CSc1ccccc1NC(=O)NCCc1ccccn1. The fourth-order valence-corrected chi connectivity index (χ4v) is 2.92. The molecule has 0 spiro atoms. The molecular formula is C18H20N4OS. The monoisotopic (exact) mass is 340 g/mol. The van der Waals surface area contributed by atoms with Crippen molar-refractivity contribution in [2.24, 2.45) is 5.92 Å². The van der Waals surface area contributed by atoms with Gasteiger partial charge in [0.25, 0.3) is 0 Å². The molecule has 2 amide bonds. The van der Waals surface area contributed by atoms with Crippen LogP contribution in [-0.4, -0.2) is 23.3 Å². The Bertz CT molecular complexity index is 700. The van der Waals surface area contributed by atoms with Crippen LogP contribution in [-0.2, 0) is 6.42 Å². The molecule has 124 valence electrons. The predicted molar refractivity (Wildman–Crippen MR) is 96.9 cm³/mol. The molecule has 6 heteroatoms. The maximum absolute atomic E-state index is 12.0. The first-order chi connectivity index (χ1) is 11.7. The van der Waals surface area contributed by atoms with Gasteiger partial charge in [-0.25, -0.2) is 4.79 Å². The third-order valence-electron chi connectivity index (χ3n) is 3.24. The van der Waals surface area contributed by atoms with Crippen molar-refractivity contribution in [1.82, 2.24) is 10.3 Å². The van der Waals surface area contributed by atoms with Gasteiger partial charge >= 0.3 is 6.03 Å². The maximum Gasteiger partial charge on any atom is 0.319 e. The van der Waals surface area contributed by atoms with Crippen LogP contribution in [0.3, 0.4) is 0 Å². The number of rotatable bonds is 7. The zero-order chi connectivity index (χ0) is 17.2. The van der Waals surface area contributed by atoms with Crippen LogP contribution in [0.25, 0.3) is 0 Å². The summed E-state index contributed by atoms with van der Waals surface area (Å²) in [7, 11) is 0. The fourth-order valence-electron chi connectivity index (χ4n) is 1.96. The lowest BCUT2D eigenvalue weighted by Crippen LogP contribution is -2.30. The normalized spacial score (nSPS) is 11.3. The quantitative estimate of drug-likeness (QED) is 0.753. The second-order valence-corrected chi connectivity index (χ2v) is 6.35. The molecule has 24 heavy (non-hydrogen) atoms. The van der Waals surface area contributed by atoms with Gasteiger partial charge in [-0.15, -0.1) is 11.8 Å². The van der Waals surface area contributed by atoms with Crippen LogP contribution >= 0.6 is 11.8 Å². The molecule has 2 aromatic rings. The summed E-state index contributed by atoms with van der Waals surface area (Å²) in [5.41, 5.74) is 1.70. The molecule has 2 N–H and O–H groups in total. The average Bonchev–Trinajstić information content (AvgIpc) is 2.61. The first kappa shape index (κ1) is 17.8. The molecule has 1 aromatic heterocycles. The van der Waals surface area contributed by atoms with E-state index in [1.165, 1.54) is 0 Å². The molecule has 0 fully saturated rings. The lowest BCUT2D eigenvalue weighted by Gasteiger charge is -2.12. The van der Waals surface area contributed by atoms with Gasteiger partial charge in [-0.2, -0.15) is 5.26 Å². The number of carbonyl (C=O) groups excluding carboxylic acids is 1. The number of carbonyl (C=O) groups is 1. The van der Waals surface area contributed by atoms with Crippen LogP contribution in [0.2, 0.25) is 0 Å². The standard InChI is InChI=1S/C18H20N4OS/c1-14(12-19)13-24-17-8-3-2-7-16(17)22-18(23)21-11-9-15-6-4-5-10-20-15/h2-8,10,14H,9,11,13H2,1H3,(H2,21,22,23). The lowest BCUT2D eigenvalue weighted by atomic mass is 10.3. The minimum atomic E-state index is -0.243. The number of aromatic nitrogens is 1. The molecule has 0 saturated heterocycles. The molecule has 1 heterocycles. The summed E-state index contributed by atoms with van der Waals surface area (Å²) in [6, 6.07) is 15.3. The number of para-hydroxylation sites is 1. The van der Waals surface area contributed by atoms with Gasteiger partial charge in [0.1, 0.15) is 0 Å². The molecule has 0 saturated carbocycles. The summed E-state index contributed by atoms with van der Waals surface area (Å²) in [4.78, 5) is 17.2. The summed E-state index contributed by atoms with van der Waals surface area (Å²) in [5, 5.41) is 14.6. The van der Waals surface area contributed by atoms with Crippen LogP contribution in [0.15, 0.2) is 53.6 Å². The Kier molecular flexibility index (Phi) is 7.12. The number of thioether (sulfide) groups is 1. The molecule has 1 aromatic carbocycles. The Morgan fingerprint density at radius 3 is 2.83 bits per heavy atom. The van der Waals surface area contributed by atoms with E-state index in [2.05, 4.69) is 21.7 Å². The van der Waals surface area contributed by atoms with E-state index < -0.39 is 0 Å². The van der Waals surface area contributed by atoms with Crippen LogP contribution in [0.5, 0.6) is 0 Å². The molecule has 0 aliphatic carbocycles. The number of amides is 2. The highest BCUT2D eigenvalue weighted by Crippen LogP contribution is 2.28. The van der Waals surface area contributed by atoms with E-state index in [1.807, 2.05) is 49.4 Å². The van der Waals surface area contributed by atoms with Gasteiger partial charge in [0, 0.05) is 35.5 Å². The van der Waals surface area contributed by atoms with Crippen molar-refractivity contribution >= 4 is 23.5 Å². The van der Waals surface area contributed by atoms with Crippen molar-refractivity contribution in [1.29, 1.82) is 5.26 Å². The van der Waals surface area contributed by atoms with Crippen LogP contribution < -0.4 is 10.6 Å². The van der Waals surface area contributed by atoms with Gasteiger partial charge in [0.15, 0.2) is 0 Å². The van der Waals surface area contributed by atoms with Crippen molar-refractivity contribution < 1.29 is 4.79 Å². The third kappa shape index (κ3) is 5.94. The second kappa shape index (κ2) is 9.58. The Hall–Kier alpha value is -2.52. The Morgan fingerprint density at radius 1 is 1.29 bits per heavy atom. The van der Waals surface area contributed by atoms with Gasteiger partial charge in [0.05, 0.1) is 17.7 Å². The van der Waals surface area contributed by atoms with E-state index in [0.29, 0.717) is 18.7 Å². The van der Waals surface area contributed by atoms with Crippen molar-refractivity contribution in [3.05, 3.63) is 54.4 Å². The van der Waals surface area contributed by atoms with Gasteiger partial charge in [-0.3, -0.25) is 4.98 Å². The van der Waals surface area contributed by atoms with E-state index in [1.54, 1.807) is 18.0 Å². The summed E-state index contributed by atoms with van der Waals surface area (Å²) < 4.78 is 0. The number of hydrogen-bond acceptors (Lipinski definition) is 4. The Labute approximate surface area is 146 Å². The summed E-state index contributed by atoms with van der Waals surface area (Å²) in [6.07, 6.45) is 2.43. The van der Waals surface area contributed by atoms with Crippen molar-refractivity contribution in [3.8, 4) is 6.07 Å². The smallest absolute Gasteiger partial charge is 0.319 e. The number of nitrogens with one attached hydrogen (secondary N) is 2. The second-order valence-electron chi connectivity index (χ2n) is 5.29. The number of anilines is 1. The first-order valence-corrected chi connectivity index (χ1v) is 8.74. The zero-order valence-electron chi connectivity index (χ0n) is 13.5. The number of nitriles is 1. The molecule has 0 aliphatic heterocycles. The van der Waals surface area contributed by atoms with E-state index in [-0.39, 0.29) is 11.9 Å². The number of pyridine rings is 1. The van der Waals surface area contributed by atoms with Crippen molar-refractivity contribution in [2.75, 3.05) is 17.6 Å². The van der Waals surface area contributed by atoms with E-state index in [0.717, 1.165) is 16.3 Å². The average molecular weight is 340 g/mol. The highest BCUT2D eigenvalue weighted by molar-refractivity contribution is 7.99. The molecule has 0 bridgehead atoms. The third-order valence-corrected chi connectivity index (χ3v) is 4.57. The summed E-state index contributed by atoms with van der Waals surface area (Å²) in [5.74, 6) is 0.659. The fraction of sp³-hybridized carbons (Fsp3) is 0.278. The molecule has 5 nitrogen and oxygen atoms in total. The Morgan fingerprint density at radius 2 is 2.08 bits per heavy atom. The first-order valence-electron chi connectivity index (χ1n) is 7.75. The number of nitrogens with zero attached hydrogens (tertiary/aromatic N) is 2. The Balaban J connectivity index is 1.84. The minimum Gasteiger partial charge on any atom is -0.337 e. The molecule has 1 atom stereocenters. The van der Waals surface area contributed by atoms with Gasteiger partial charge in [-0.1, -0.05) is 18.2 Å². The van der Waals surface area contributed by atoms with Crippen LogP contribution in [0, 0.1) is 17.2 Å². The molecule has 1 unspecified atom stereocenters. The van der Waals surface area contributed by atoms with Crippen molar-refractivity contribution in [3.63, 3.8) is 0 Å².